The lowest BCUT2D eigenvalue weighted by atomic mass is 10.2. The number of rotatable bonds is 4. The van der Waals surface area contributed by atoms with E-state index < -0.39 is 5.82 Å². The Bertz CT molecular complexity index is 698. The van der Waals surface area contributed by atoms with Gasteiger partial charge in [-0.25, -0.2) is 4.39 Å². The second kappa shape index (κ2) is 6.35. The molecule has 0 aliphatic rings. The van der Waals surface area contributed by atoms with Crippen LogP contribution in [-0.4, -0.2) is 29.0 Å². The minimum atomic E-state index is -0.647. The number of hydrogen-bond donors (Lipinski definition) is 0. The number of anilines is 1. The first kappa shape index (κ1) is 15.6. The van der Waals surface area contributed by atoms with Crippen molar-refractivity contribution >= 4 is 5.95 Å². The molecular formula is C15H16FN5O. The largest absolute Gasteiger partial charge is 0.423 e. The van der Waals surface area contributed by atoms with Gasteiger partial charge in [0, 0.05) is 20.0 Å². The molecule has 2 aromatic rings. The van der Waals surface area contributed by atoms with Crippen LogP contribution in [0.1, 0.15) is 31.2 Å². The summed E-state index contributed by atoms with van der Waals surface area (Å²) in [5, 5.41) is 9.03. The quantitative estimate of drug-likeness (QED) is 0.864. The zero-order valence-corrected chi connectivity index (χ0v) is 12.8. The molecule has 0 saturated heterocycles. The van der Waals surface area contributed by atoms with Crippen LogP contribution in [0, 0.1) is 17.1 Å². The first-order valence-corrected chi connectivity index (χ1v) is 6.72. The van der Waals surface area contributed by atoms with Crippen LogP contribution in [0.4, 0.5) is 10.3 Å². The normalized spacial score (nSPS) is 10.4. The van der Waals surface area contributed by atoms with Gasteiger partial charge in [-0.1, -0.05) is 19.9 Å². The van der Waals surface area contributed by atoms with Gasteiger partial charge in [0.2, 0.25) is 5.95 Å². The van der Waals surface area contributed by atoms with Gasteiger partial charge >= 0.3 is 6.01 Å². The van der Waals surface area contributed by atoms with Crippen molar-refractivity contribution in [2.45, 2.75) is 19.8 Å². The van der Waals surface area contributed by atoms with Crippen LogP contribution in [-0.2, 0) is 0 Å². The molecule has 1 aromatic heterocycles. The maximum absolute atomic E-state index is 13.6. The van der Waals surface area contributed by atoms with E-state index in [1.54, 1.807) is 25.1 Å². The van der Waals surface area contributed by atoms with E-state index >= 15 is 0 Å². The Kier molecular flexibility index (Phi) is 4.51. The lowest BCUT2D eigenvalue weighted by molar-refractivity contribution is 0.429. The summed E-state index contributed by atoms with van der Waals surface area (Å²) in [4.78, 5) is 14.4. The number of aromatic nitrogens is 3. The van der Waals surface area contributed by atoms with Crippen molar-refractivity contribution < 1.29 is 9.13 Å². The summed E-state index contributed by atoms with van der Waals surface area (Å²) in [6, 6.07) is 5.96. The topological polar surface area (TPSA) is 74.9 Å². The monoisotopic (exact) mass is 301 g/mol. The molecule has 0 radical (unpaired) electrons. The molecule has 0 aliphatic heterocycles. The van der Waals surface area contributed by atoms with Crippen LogP contribution in [0.15, 0.2) is 18.2 Å². The van der Waals surface area contributed by atoms with E-state index in [2.05, 4.69) is 15.0 Å². The zero-order chi connectivity index (χ0) is 16.3. The molecule has 0 saturated carbocycles. The van der Waals surface area contributed by atoms with Crippen LogP contribution in [0.3, 0.4) is 0 Å². The second-order valence-corrected chi connectivity index (χ2v) is 5.15. The van der Waals surface area contributed by atoms with Gasteiger partial charge in [-0.05, 0) is 12.1 Å². The molecule has 7 heteroatoms. The number of hydrogen-bond acceptors (Lipinski definition) is 6. The van der Waals surface area contributed by atoms with Crippen molar-refractivity contribution in [3.63, 3.8) is 0 Å². The molecule has 0 atom stereocenters. The molecule has 0 bridgehead atoms. The highest BCUT2D eigenvalue weighted by atomic mass is 19.1. The third kappa shape index (κ3) is 3.28. The van der Waals surface area contributed by atoms with Crippen LogP contribution in [0.5, 0.6) is 11.8 Å². The van der Waals surface area contributed by atoms with Gasteiger partial charge in [0.15, 0.2) is 5.75 Å². The van der Waals surface area contributed by atoms with Crippen LogP contribution in [0.2, 0.25) is 0 Å². The van der Waals surface area contributed by atoms with Gasteiger partial charge in [0.1, 0.15) is 23.3 Å². The minimum absolute atomic E-state index is 0.0319. The van der Waals surface area contributed by atoms with Crippen LogP contribution >= 0.6 is 0 Å². The molecule has 0 spiro atoms. The molecular weight excluding hydrogens is 285 g/mol. The van der Waals surface area contributed by atoms with Crippen LogP contribution < -0.4 is 9.64 Å². The summed E-state index contributed by atoms with van der Waals surface area (Å²) in [6.07, 6.45) is 0. The van der Waals surface area contributed by atoms with Gasteiger partial charge in [-0.15, -0.1) is 0 Å². The third-order valence-corrected chi connectivity index (χ3v) is 2.83. The van der Waals surface area contributed by atoms with Crippen molar-refractivity contribution in [2.24, 2.45) is 0 Å². The van der Waals surface area contributed by atoms with E-state index in [4.69, 9.17) is 10.00 Å². The van der Waals surface area contributed by atoms with Crippen molar-refractivity contribution in [2.75, 3.05) is 19.0 Å². The number of halogens is 1. The minimum Gasteiger partial charge on any atom is -0.423 e. The highest BCUT2D eigenvalue weighted by Gasteiger charge is 2.15. The van der Waals surface area contributed by atoms with E-state index in [9.17, 15) is 4.39 Å². The zero-order valence-electron chi connectivity index (χ0n) is 12.8. The third-order valence-electron chi connectivity index (χ3n) is 2.83. The Morgan fingerprint density at radius 2 is 1.95 bits per heavy atom. The lowest BCUT2D eigenvalue weighted by Crippen LogP contribution is -2.15. The Labute approximate surface area is 128 Å². The molecule has 1 aromatic carbocycles. The average Bonchev–Trinajstić information content (AvgIpc) is 2.47. The van der Waals surface area contributed by atoms with E-state index in [1.165, 1.54) is 18.2 Å². The van der Waals surface area contributed by atoms with E-state index in [-0.39, 0.29) is 23.2 Å². The number of benzene rings is 1. The van der Waals surface area contributed by atoms with Gasteiger partial charge in [-0.3, -0.25) is 0 Å². The van der Waals surface area contributed by atoms with E-state index in [0.29, 0.717) is 11.8 Å². The molecule has 114 valence electrons. The second-order valence-electron chi connectivity index (χ2n) is 5.15. The van der Waals surface area contributed by atoms with Crippen LogP contribution in [0.25, 0.3) is 0 Å². The van der Waals surface area contributed by atoms with Crippen molar-refractivity contribution in [3.8, 4) is 17.8 Å². The first-order chi connectivity index (χ1) is 10.4. The predicted molar refractivity (Wildman–Crippen MR) is 79.4 cm³/mol. The highest BCUT2D eigenvalue weighted by Crippen LogP contribution is 2.26. The van der Waals surface area contributed by atoms with Crippen molar-refractivity contribution in [1.29, 1.82) is 5.26 Å². The maximum Gasteiger partial charge on any atom is 0.327 e. The van der Waals surface area contributed by atoms with Crippen molar-refractivity contribution in [1.82, 2.24) is 15.0 Å². The summed E-state index contributed by atoms with van der Waals surface area (Å²) in [7, 11) is 3.60. The fourth-order valence-corrected chi connectivity index (χ4v) is 1.66. The smallest absolute Gasteiger partial charge is 0.327 e. The summed E-state index contributed by atoms with van der Waals surface area (Å²) >= 11 is 0. The number of nitriles is 1. The van der Waals surface area contributed by atoms with Gasteiger partial charge in [-0.2, -0.15) is 20.2 Å². The van der Waals surface area contributed by atoms with E-state index in [1.807, 2.05) is 13.8 Å². The SMILES string of the molecule is CC(C)c1nc(Oc2cccc(F)c2C#N)nc(N(C)C)n1. The molecule has 0 N–H and O–H groups in total. The van der Waals surface area contributed by atoms with Crippen molar-refractivity contribution in [3.05, 3.63) is 35.4 Å². The molecule has 2 rings (SSSR count). The molecule has 0 amide bonds. The summed E-state index contributed by atoms with van der Waals surface area (Å²) in [5.74, 6) is 0.498. The Morgan fingerprint density at radius 1 is 1.23 bits per heavy atom. The van der Waals surface area contributed by atoms with Gasteiger partial charge in [0.25, 0.3) is 0 Å². The summed E-state index contributed by atoms with van der Waals surface area (Å²) < 4.78 is 19.1. The summed E-state index contributed by atoms with van der Waals surface area (Å²) in [5.41, 5.74) is -0.180. The first-order valence-electron chi connectivity index (χ1n) is 6.72. The molecule has 0 aliphatic carbocycles. The van der Waals surface area contributed by atoms with Gasteiger partial charge < -0.3 is 9.64 Å². The average molecular weight is 301 g/mol. The molecule has 1 heterocycles. The lowest BCUT2D eigenvalue weighted by Gasteiger charge is -2.14. The Balaban J connectivity index is 2.46. The highest BCUT2D eigenvalue weighted by molar-refractivity contribution is 5.45. The fraction of sp³-hybridized carbons (Fsp3) is 0.333. The van der Waals surface area contributed by atoms with E-state index in [0.717, 1.165) is 0 Å². The standard InChI is InChI=1S/C15H16FN5O/c1-9(2)13-18-14(21(3)4)20-15(19-13)22-12-7-5-6-11(16)10(12)8-17/h5-7,9H,1-4H3. The molecule has 0 unspecified atom stereocenters. The predicted octanol–water partition coefficient (Wildman–Crippen LogP) is 2.86. The van der Waals surface area contributed by atoms with Gasteiger partial charge in [0.05, 0.1) is 0 Å². The number of ether oxygens (including phenoxy) is 1. The Morgan fingerprint density at radius 3 is 2.55 bits per heavy atom. The molecule has 6 nitrogen and oxygen atoms in total. The number of nitrogens with zero attached hydrogens (tertiary/aromatic N) is 5. The maximum atomic E-state index is 13.6. The summed E-state index contributed by atoms with van der Waals surface area (Å²) in [6.45, 7) is 3.89. The fourth-order valence-electron chi connectivity index (χ4n) is 1.66. The molecule has 0 fully saturated rings. The molecule has 22 heavy (non-hydrogen) atoms. The Hall–Kier alpha value is -2.75.